The number of hydrogen-bond acceptors (Lipinski definition) is 5. The largest absolute Gasteiger partial charge is 0.491 e. The maximum atomic E-state index is 13.2. The molecule has 166 valence electrons. The van der Waals surface area contributed by atoms with Gasteiger partial charge in [-0.15, -0.1) is 0 Å². The number of benzene rings is 1. The molecule has 1 N–H and O–H groups in total. The van der Waals surface area contributed by atoms with E-state index in [0.717, 1.165) is 19.0 Å². The van der Waals surface area contributed by atoms with Crippen molar-refractivity contribution in [2.45, 2.75) is 45.8 Å². The van der Waals surface area contributed by atoms with Gasteiger partial charge < -0.3 is 19.7 Å². The number of hydrogen-bond donors (Lipinski definition) is 1. The minimum atomic E-state index is -0.178. The SMILES string of the molecule is CO[C@H]1CN(C)C(=O)c2cc(NC(C)=O)ccc2OC[C@@H](C)N(CC2CC2)C[C@@H]1C. The van der Waals surface area contributed by atoms with E-state index in [2.05, 4.69) is 24.1 Å². The topological polar surface area (TPSA) is 71.1 Å². The molecular formula is C23H35N3O4. The number of methoxy groups -OCH3 is 1. The fourth-order valence-corrected chi connectivity index (χ4v) is 4.02. The number of nitrogens with one attached hydrogen (secondary N) is 1. The van der Waals surface area contributed by atoms with E-state index >= 15 is 0 Å². The lowest BCUT2D eigenvalue weighted by Crippen LogP contribution is -2.47. The molecule has 7 nitrogen and oxygen atoms in total. The Labute approximate surface area is 179 Å². The van der Waals surface area contributed by atoms with Gasteiger partial charge in [-0.05, 0) is 49.8 Å². The van der Waals surface area contributed by atoms with Crippen LogP contribution in [-0.2, 0) is 9.53 Å². The Morgan fingerprint density at radius 3 is 2.63 bits per heavy atom. The van der Waals surface area contributed by atoms with Crippen LogP contribution in [0, 0.1) is 11.8 Å². The Bertz CT molecular complexity index is 765. The second-order valence-electron chi connectivity index (χ2n) is 8.89. The minimum absolute atomic E-state index is 0.0600. The number of rotatable bonds is 4. The quantitative estimate of drug-likeness (QED) is 0.816. The van der Waals surface area contributed by atoms with Crippen LogP contribution in [0.3, 0.4) is 0 Å². The van der Waals surface area contributed by atoms with Crippen LogP contribution in [0.1, 0.15) is 44.0 Å². The summed E-state index contributed by atoms with van der Waals surface area (Å²) < 4.78 is 11.9. The van der Waals surface area contributed by atoms with Crippen LogP contribution in [0.25, 0.3) is 0 Å². The number of likely N-dealkylation sites (N-methyl/N-ethyl adjacent to an activating group) is 1. The van der Waals surface area contributed by atoms with E-state index in [1.54, 1.807) is 37.3 Å². The first kappa shape index (κ1) is 22.6. The van der Waals surface area contributed by atoms with Crippen LogP contribution in [0.15, 0.2) is 18.2 Å². The maximum absolute atomic E-state index is 13.2. The molecule has 0 unspecified atom stereocenters. The number of amides is 2. The summed E-state index contributed by atoms with van der Waals surface area (Å²) in [7, 11) is 3.50. The summed E-state index contributed by atoms with van der Waals surface area (Å²) in [5.74, 6) is 1.28. The van der Waals surface area contributed by atoms with E-state index in [1.165, 1.54) is 19.8 Å². The van der Waals surface area contributed by atoms with Gasteiger partial charge in [0, 0.05) is 52.4 Å². The number of carbonyl (C=O) groups is 2. The lowest BCUT2D eigenvalue weighted by Gasteiger charge is -2.36. The third-order valence-electron chi connectivity index (χ3n) is 6.08. The van der Waals surface area contributed by atoms with E-state index in [4.69, 9.17) is 9.47 Å². The number of nitrogens with zero attached hydrogens (tertiary/aromatic N) is 2. The molecule has 0 saturated heterocycles. The Balaban J connectivity index is 1.91. The highest BCUT2D eigenvalue weighted by Crippen LogP contribution is 2.31. The van der Waals surface area contributed by atoms with Crippen LogP contribution >= 0.6 is 0 Å². The van der Waals surface area contributed by atoms with Crippen molar-refractivity contribution in [3.05, 3.63) is 23.8 Å². The lowest BCUT2D eigenvalue weighted by atomic mass is 10.0. The molecule has 1 saturated carbocycles. The Hall–Kier alpha value is -2.12. The standard InChI is InChI=1S/C23H35N3O4/c1-15-11-26(12-18-6-7-18)16(2)14-30-21-9-8-19(24-17(3)27)10-20(21)23(28)25(4)13-22(15)29-5/h8-10,15-16,18,22H,6-7,11-14H2,1-5H3,(H,24,27)/t15-,16+,22-/m0/s1. The van der Waals surface area contributed by atoms with Gasteiger partial charge in [0.1, 0.15) is 12.4 Å². The van der Waals surface area contributed by atoms with Gasteiger partial charge in [-0.25, -0.2) is 0 Å². The van der Waals surface area contributed by atoms with Crippen LogP contribution < -0.4 is 10.1 Å². The van der Waals surface area contributed by atoms with E-state index in [-0.39, 0.29) is 29.9 Å². The third-order valence-corrected chi connectivity index (χ3v) is 6.08. The first-order valence-corrected chi connectivity index (χ1v) is 10.8. The predicted molar refractivity (Wildman–Crippen MR) is 117 cm³/mol. The highest BCUT2D eigenvalue weighted by atomic mass is 16.5. The molecule has 1 aliphatic carbocycles. The Kier molecular flexibility index (Phi) is 7.36. The van der Waals surface area contributed by atoms with E-state index in [0.29, 0.717) is 30.2 Å². The van der Waals surface area contributed by atoms with E-state index in [9.17, 15) is 9.59 Å². The Morgan fingerprint density at radius 2 is 2.00 bits per heavy atom. The zero-order valence-corrected chi connectivity index (χ0v) is 18.8. The fraction of sp³-hybridized carbons (Fsp3) is 0.652. The van der Waals surface area contributed by atoms with Gasteiger partial charge in [0.05, 0.1) is 11.7 Å². The molecule has 2 amide bonds. The summed E-state index contributed by atoms with van der Waals surface area (Å²) in [5.41, 5.74) is 1.03. The molecule has 0 spiro atoms. The normalized spacial score (nSPS) is 26.2. The number of carbonyl (C=O) groups excluding carboxylic acids is 2. The molecule has 0 bridgehead atoms. The molecule has 2 aliphatic rings. The molecule has 1 aliphatic heterocycles. The predicted octanol–water partition coefficient (Wildman–Crippen LogP) is 2.86. The molecule has 0 radical (unpaired) electrons. The second-order valence-corrected chi connectivity index (χ2v) is 8.89. The maximum Gasteiger partial charge on any atom is 0.257 e. The molecule has 30 heavy (non-hydrogen) atoms. The van der Waals surface area contributed by atoms with Gasteiger partial charge in [0.25, 0.3) is 5.91 Å². The van der Waals surface area contributed by atoms with Crippen molar-refractivity contribution in [1.82, 2.24) is 9.80 Å². The monoisotopic (exact) mass is 417 g/mol. The van der Waals surface area contributed by atoms with Gasteiger partial charge in [-0.1, -0.05) is 6.92 Å². The molecule has 1 heterocycles. The zero-order chi connectivity index (χ0) is 21.8. The first-order valence-electron chi connectivity index (χ1n) is 10.8. The van der Waals surface area contributed by atoms with Crippen LogP contribution in [0.5, 0.6) is 5.75 Å². The molecule has 1 fully saturated rings. The Morgan fingerprint density at radius 1 is 1.27 bits per heavy atom. The number of ether oxygens (including phenoxy) is 2. The van der Waals surface area contributed by atoms with Gasteiger partial charge in [0.15, 0.2) is 0 Å². The molecule has 1 aromatic rings. The average Bonchev–Trinajstić information content (AvgIpc) is 3.52. The molecule has 7 heteroatoms. The summed E-state index contributed by atoms with van der Waals surface area (Å²) >= 11 is 0. The molecule has 3 atom stereocenters. The molecular weight excluding hydrogens is 382 g/mol. The summed E-state index contributed by atoms with van der Waals surface area (Å²) in [6.45, 7) is 8.80. The van der Waals surface area contributed by atoms with Crippen molar-refractivity contribution >= 4 is 17.5 Å². The fourth-order valence-electron chi connectivity index (χ4n) is 4.02. The van der Waals surface area contributed by atoms with Crippen LogP contribution in [-0.4, -0.2) is 74.2 Å². The van der Waals surface area contributed by atoms with Crippen molar-refractivity contribution in [2.75, 3.05) is 45.7 Å². The van der Waals surface area contributed by atoms with Gasteiger partial charge in [0.2, 0.25) is 5.91 Å². The minimum Gasteiger partial charge on any atom is -0.491 e. The van der Waals surface area contributed by atoms with Crippen molar-refractivity contribution in [3.63, 3.8) is 0 Å². The van der Waals surface area contributed by atoms with Gasteiger partial charge in [-0.3, -0.25) is 14.5 Å². The summed E-state index contributed by atoms with van der Waals surface area (Å²) in [6, 6.07) is 5.46. The highest BCUT2D eigenvalue weighted by molar-refractivity contribution is 5.99. The van der Waals surface area contributed by atoms with Crippen molar-refractivity contribution in [2.24, 2.45) is 11.8 Å². The average molecular weight is 418 g/mol. The van der Waals surface area contributed by atoms with Gasteiger partial charge >= 0.3 is 0 Å². The third kappa shape index (κ3) is 5.73. The van der Waals surface area contributed by atoms with Crippen molar-refractivity contribution in [3.8, 4) is 5.75 Å². The number of anilines is 1. The highest BCUT2D eigenvalue weighted by Gasteiger charge is 2.31. The summed E-state index contributed by atoms with van der Waals surface area (Å²) in [4.78, 5) is 28.9. The van der Waals surface area contributed by atoms with Crippen LogP contribution in [0.2, 0.25) is 0 Å². The lowest BCUT2D eigenvalue weighted by molar-refractivity contribution is -0.114. The summed E-state index contributed by atoms with van der Waals surface area (Å²) in [6.07, 6.45) is 2.55. The van der Waals surface area contributed by atoms with E-state index < -0.39 is 0 Å². The molecule has 0 aromatic heterocycles. The van der Waals surface area contributed by atoms with Crippen molar-refractivity contribution < 1.29 is 19.1 Å². The van der Waals surface area contributed by atoms with Crippen LogP contribution in [0.4, 0.5) is 5.69 Å². The van der Waals surface area contributed by atoms with Gasteiger partial charge in [-0.2, -0.15) is 0 Å². The number of fused-ring (bicyclic) bond motifs is 1. The summed E-state index contributed by atoms with van der Waals surface area (Å²) in [5, 5.41) is 2.75. The molecule has 1 aromatic carbocycles. The first-order chi connectivity index (χ1) is 14.3. The smallest absolute Gasteiger partial charge is 0.257 e. The second kappa shape index (κ2) is 9.79. The van der Waals surface area contributed by atoms with E-state index in [1.807, 2.05) is 0 Å². The molecule has 3 rings (SSSR count). The van der Waals surface area contributed by atoms with Crippen molar-refractivity contribution in [1.29, 1.82) is 0 Å². The zero-order valence-electron chi connectivity index (χ0n) is 18.8.